The molecule has 1 aliphatic heterocycles. The molecule has 5 nitrogen and oxygen atoms in total. The van der Waals surface area contributed by atoms with E-state index in [-0.39, 0.29) is 12.5 Å². The monoisotopic (exact) mass is 264 g/mol. The Kier molecular flexibility index (Phi) is 4.76. The van der Waals surface area contributed by atoms with Gasteiger partial charge in [0, 0.05) is 20.1 Å². The van der Waals surface area contributed by atoms with E-state index in [2.05, 4.69) is 11.4 Å². The summed E-state index contributed by atoms with van der Waals surface area (Å²) in [6, 6.07) is 5.57. The summed E-state index contributed by atoms with van der Waals surface area (Å²) in [5, 5.41) is 2.81. The van der Waals surface area contributed by atoms with Gasteiger partial charge in [-0.3, -0.25) is 4.79 Å². The number of carbonyl (C=O) groups excluding carboxylic acids is 1. The number of methoxy groups -OCH3 is 1. The van der Waals surface area contributed by atoms with Gasteiger partial charge < -0.3 is 20.5 Å². The summed E-state index contributed by atoms with van der Waals surface area (Å²) in [5.74, 6) is 0.807. The van der Waals surface area contributed by atoms with Crippen LogP contribution in [0.15, 0.2) is 18.2 Å². The highest BCUT2D eigenvalue weighted by molar-refractivity contribution is 5.81. The van der Waals surface area contributed by atoms with Crippen molar-refractivity contribution in [3.8, 4) is 5.75 Å². The van der Waals surface area contributed by atoms with Gasteiger partial charge in [-0.05, 0) is 23.6 Å². The topological polar surface area (TPSA) is 73.6 Å². The molecule has 5 heteroatoms. The molecule has 19 heavy (non-hydrogen) atoms. The Hall–Kier alpha value is -1.59. The molecule has 0 fully saturated rings. The lowest BCUT2D eigenvalue weighted by molar-refractivity contribution is -0.123. The Morgan fingerprint density at radius 3 is 3.21 bits per heavy atom. The number of fused-ring (bicyclic) bond motifs is 1. The van der Waals surface area contributed by atoms with Crippen molar-refractivity contribution in [2.75, 3.05) is 26.9 Å². The number of ether oxygens (including phenoxy) is 2. The maximum absolute atomic E-state index is 11.6. The van der Waals surface area contributed by atoms with E-state index in [1.165, 1.54) is 18.2 Å². The largest absolute Gasteiger partial charge is 0.493 e. The van der Waals surface area contributed by atoms with Crippen LogP contribution in [0.2, 0.25) is 0 Å². The molecule has 104 valence electrons. The first-order valence-corrected chi connectivity index (χ1v) is 6.47. The Balaban J connectivity index is 1.78. The number of nitrogens with two attached hydrogens (primary N) is 1. The third-order valence-corrected chi connectivity index (χ3v) is 3.15. The zero-order valence-corrected chi connectivity index (χ0v) is 11.1. The number of nitrogens with one attached hydrogen (secondary N) is 1. The van der Waals surface area contributed by atoms with Gasteiger partial charge in [0.15, 0.2) is 0 Å². The molecule has 0 saturated heterocycles. The molecule has 3 N–H and O–H groups in total. The van der Waals surface area contributed by atoms with Crippen LogP contribution >= 0.6 is 0 Å². The summed E-state index contributed by atoms with van der Waals surface area (Å²) in [4.78, 5) is 11.6. The van der Waals surface area contributed by atoms with E-state index < -0.39 is 6.04 Å². The number of hydrogen-bond acceptors (Lipinski definition) is 4. The number of rotatable bonds is 6. The maximum atomic E-state index is 11.6. The molecular weight excluding hydrogens is 244 g/mol. The Morgan fingerprint density at radius 1 is 1.58 bits per heavy atom. The van der Waals surface area contributed by atoms with Crippen molar-refractivity contribution < 1.29 is 14.3 Å². The minimum absolute atomic E-state index is 0.175. The van der Waals surface area contributed by atoms with Crippen LogP contribution in [0, 0.1) is 0 Å². The van der Waals surface area contributed by atoms with Gasteiger partial charge >= 0.3 is 0 Å². The minimum atomic E-state index is -0.599. The third-order valence-electron chi connectivity index (χ3n) is 3.15. The van der Waals surface area contributed by atoms with Gasteiger partial charge in [-0.25, -0.2) is 0 Å². The van der Waals surface area contributed by atoms with E-state index in [4.69, 9.17) is 15.2 Å². The standard InChI is InChI=1S/C14H20N2O3/c1-18-9-12(15)14(17)16-6-4-10-2-3-13-11(8-10)5-7-19-13/h2-3,8,12H,4-7,9,15H2,1H3,(H,16,17). The fourth-order valence-electron chi connectivity index (χ4n) is 2.11. The summed E-state index contributed by atoms with van der Waals surface area (Å²) in [6.07, 6.45) is 1.76. The molecule has 1 heterocycles. The van der Waals surface area contributed by atoms with Gasteiger partial charge in [-0.1, -0.05) is 12.1 Å². The Bertz CT molecular complexity index is 448. The minimum Gasteiger partial charge on any atom is -0.493 e. The summed E-state index contributed by atoms with van der Waals surface area (Å²) < 4.78 is 10.3. The van der Waals surface area contributed by atoms with Crippen molar-refractivity contribution in [2.45, 2.75) is 18.9 Å². The highest BCUT2D eigenvalue weighted by Crippen LogP contribution is 2.25. The fourth-order valence-corrected chi connectivity index (χ4v) is 2.11. The lowest BCUT2D eigenvalue weighted by atomic mass is 10.1. The van der Waals surface area contributed by atoms with E-state index in [1.807, 2.05) is 12.1 Å². The molecule has 1 aromatic carbocycles. The molecule has 0 aromatic heterocycles. The molecule has 1 atom stereocenters. The SMILES string of the molecule is COCC(N)C(=O)NCCc1ccc2c(c1)CCO2. The molecule has 0 bridgehead atoms. The lowest BCUT2D eigenvalue weighted by Gasteiger charge is -2.11. The number of hydrogen-bond donors (Lipinski definition) is 2. The summed E-state index contributed by atoms with van der Waals surface area (Å²) >= 11 is 0. The molecule has 0 radical (unpaired) electrons. The predicted octanol–water partition coefficient (Wildman–Crippen LogP) is 0.254. The molecular formula is C14H20N2O3. The van der Waals surface area contributed by atoms with E-state index in [9.17, 15) is 4.79 Å². The van der Waals surface area contributed by atoms with Crippen LogP contribution in [0.4, 0.5) is 0 Å². The first kappa shape index (κ1) is 13.8. The van der Waals surface area contributed by atoms with Crippen LogP contribution in [0.5, 0.6) is 5.75 Å². The molecule has 1 unspecified atom stereocenters. The molecule has 0 spiro atoms. The average Bonchev–Trinajstić information content (AvgIpc) is 2.86. The van der Waals surface area contributed by atoms with E-state index in [1.54, 1.807) is 0 Å². The second kappa shape index (κ2) is 6.54. The van der Waals surface area contributed by atoms with Crippen LogP contribution in [0.25, 0.3) is 0 Å². The molecule has 2 rings (SSSR count). The summed E-state index contributed by atoms with van der Waals surface area (Å²) in [6.45, 7) is 1.58. The van der Waals surface area contributed by atoms with Gasteiger partial charge in [0.05, 0.1) is 13.2 Å². The summed E-state index contributed by atoms with van der Waals surface area (Å²) in [7, 11) is 1.53. The zero-order chi connectivity index (χ0) is 13.7. The van der Waals surface area contributed by atoms with E-state index in [0.717, 1.165) is 25.2 Å². The number of amides is 1. The number of carbonyl (C=O) groups is 1. The molecule has 1 aromatic rings. The lowest BCUT2D eigenvalue weighted by Crippen LogP contribution is -2.44. The van der Waals surface area contributed by atoms with Crippen molar-refractivity contribution in [1.82, 2.24) is 5.32 Å². The third kappa shape index (κ3) is 3.68. The second-order valence-electron chi connectivity index (χ2n) is 4.64. The van der Waals surface area contributed by atoms with Gasteiger partial charge in [-0.15, -0.1) is 0 Å². The highest BCUT2D eigenvalue weighted by atomic mass is 16.5. The molecule has 0 aliphatic carbocycles. The van der Waals surface area contributed by atoms with Crippen LogP contribution in [-0.4, -0.2) is 38.8 Å². The highest BCUT2D eigenvalue weighted by Gasteiger charge is 2.13. The van der Waals surface area contributed by atoms with Crippen molar-refractivity contribution in [2.24, 2.45) is 5.73 Å². The van der Waals surface area contributed by atoms with Crippen molar-refractivity contribution in [3.05, 3.63) is 29.3 Å². The van der Waals surface area contributed by atoms with E-state index in [0.29, 0.717) is 6.54 Å². The van der Waals surface area contributed by atoms with Crippen LogP contribution < -0.4 is 15.8 Å². The normalized spacial score (nSPS) is 14.6. The zero-order valence-electron chi connectivity index (χ0n) is 11.1. The quantitative estimate of drug-likeness (QED) is 0.772. The van der Waals surface area contributed by atoms with Crippen molar-refractivity contribution >= 4 is 5.91 Å². The molecule has 1 amide bonds. The average molecular weight is 264 g/mol. The predicted molar refractivity (Wildman–Crippen MR) is 72.2 cm³/mol. The van der Waals surface area contributed by atoms with Gasteiger partial charge in [0.25, 0.3) is 0 Å². The first-order valence-electron chi connectivity index (χ1n) is 6.47. The number of benzene rings is 1. The van der Waals surface area contributed by atoms with Gasteiger partial charge in [0.2, 0.25) is 5.91 Å². The fraction of sp³-hybridized carbons (Fsp3) is 0.500. The van der Waals surface area contributed by atoms with E-state index >= 15 is 0 Å². The van der Waals surface area contributed by atoms with Gasteiger partial charge in [0.1, 0.15) is 11.8 Å². The molecule has 0 saturated carbocycles. The van der Waals surface area contributed by atoms with Crippen LogP contribution in [0.1, 0.15) is 11.1 Å². The van der Waals surface area contributed by atoms with Crippen LogP contribution in [-0.2, 0) is 22.4 Å². The Labute approximate surface area is 113 Å². The molecule has 1 aliphatic rings. The first-order chi connectivity index (χ1) is 9.20. The van der Waals surface area contributed by atoms with Crippen molar-refractivity contribution in [1.29, 1.82) is 0 Å². The maximum Gasteiger partial charge on any atom is 0.239 e. The summed E-state index contributed by atoms with van der Waals surface area (Å²) in [5.41, 5.74) is 8.08. The second-order valence-corrected chi connectivity index (χ2v) is 4.64. The van der Waals surface area contributed by atoms with Crippen LogP contribution in [0.3, 0.4) is 0 Å². The van der Waals surface area contributed by atoms with Crippen molar-refractivity contribution in [3.63, 3.8) is 0 Å². The van der Waals surface area contributed by atoms with Gasteiger partial charge in [-0.2, -0.15) is 0 Å². The Morgan fingerprint density at radius 2 is 2.42 bits per heavy atom. The smallest absolute Gasteiger partial charge is 0.239 e.